The number of benzene rings is 2. The first-order valence-corrected chi connectivity index (χ1v) is 13.6. The molecule has 6 heteroatoms. The molecular weight excluding hydrogens is 431 g/mol. The first kappa shape index (κ1) is 24.1. The summed E-state index contributed by atoms with van der Waals surface area (Å²) < 4.78 is 22.3. The van der Waals surface area contributed by atoms with E-state index < -0.39 is 7.52 Å². The van der Waals surface area contributed by atoms with Crippen molar-refractivity contribution in [3.8, 4) is 0 Å². The van der Waals surface area contributed by atoms with Gasteiger partial charge in [0.1, 0.15) is 11.9 Å². The number of Topliss-reactive ketones (excluding diaryl/α,β-unsaturated/α-hetero) is 1. The molecule has 2 aliphatic heterocycles. The summed E-state index contributed by atoms with van der Waals surface area (Å²) in [6.45, 7) is 7.81. The summed E-state index contributed by atoms with van der Waals surface area (Å²) >= 11 is 0. The third kappa shape index (κ3) is 5.55. The first-order chi connectivity index (χ1) is 15.9. The molecule has 1 unspecified atom stereocenters. The lowest BCUT2D eigenvalue weighted by Gasteiger charge is -2.34. The van der Waals surface area contributed by atoms with Crippen LogP contribution in [0.1, 0.15) is 57.3 Å². The fourth-order valence-electron chi connectivity index (χ4n) is 5.14. The Balaban J connectivity index is 1.49. The van der Waals surface area contributed by atoms with Crippen molar-refractivity contribution in [3.05, 3.63) is 83.7 Å². The molecule has 0 aromatic heterocycles. The van der Waals surface area contributed by atoms with Crippen LogP contribution in [0.25, 0.3) is 0 Å². The van der Waals surface area contributed by atoms with Crippen LogP contribution in [0.2, 0.25) is 0 Å². The molecule has 0 saturated carbocycles. The fourth-order valence-corrected chi connectivity index (χ4v) is 7.76. The van der Waals surface area contributed by atoms with Crippen molar-refractivity contribution in [2.24, 2.45) is 0 Å². The number of likely N-dealkylation sites (tertiary alicyclic amines) is 1. The number of carbonyl (C=O) groups excluding carboxylic acids is 1. The van der Waals surface area contributed by atoms with Crippen LogP contribution in [0.3, 0.4) is 0 Å². The fraction of sp³-hybridized carbons (Fsp3) is 0.444. The minimum atomic E-state index is -3.13. The predicted octanol–water partition coefficient (Wildman–Crippen LogP) is 6.19. The molecule has 4 rings (SSSR count). The van der Waals surface area contributed by atoms with Crippen molar-refractivity contribution in [2.75, 3.05) is 6.54 Å². The Morgan fingerprint density at radius 2 is 1.76 bits per heavy atom. The van der Waals surface area contributed by atoms with Crippen LogP contribution < -0.4 is 0 Å². The van der Waals surface area contributed by atoms with Crippen molar-refractivity contribution in [2.45, 2.75) is 70.8 Å². The predicted molar refractivity (Wildman–Crippen MR) is 133 cm³/mol. The summed E-state index contributed by atoms with van der Waals surface area (Å²) in [5, 5.41) is 0. The molecule has 0 N–H and O–H groups in total. The summed E-state index contributed by atoms with van der Waals surface area (Å²) in [7, 11) is -3.13. The topological polar surface area (TPSA) is 49.9 Å². The number of carbonyl (C=O) groups is 1. The number of ketones is 1. The van der Waals surface area contributed by atoms with Gasteiger partial charge in [-0.3, -0.25) is 14.3 Å². The average Bonchev–Trinajstić information content (AvgIpc) is 3.07. The molecule has 2 fully saturated rings. The molecular formula is C27H35N2O3P. The van der Waals surface area contributed by atoms with Crippen LogP contribution in [0.15, 0.2) is 72.6 Å². The summed E-state index contributed by atoms with van der Waals surface area (Å²) in [4.78, 5) is 14.6. The Morgan fingerprint density at radius 3 is 2.42 bits per heavy atom. The molecule has 0 amide bonds. The molecule has 2 aromatic carbocycles. The Kier molecular flexibility index (Phi) is 7.65. The second-order valence-corrected chi connectivity index (χ2v) is 11.5. The van der Waals surface area contributed by atoms with Gasteiger partial charge in [-0.25, -0.2) is 4.67 Å². The van der Waals surface area contributed by atoms with Gasteiger partial charge in [-0.2, -0.15) is 0 Å². The van der Waals surface area contributed by atoms with Crippen molar-refractivity contribution < 1.29 is 13.9 Å². The van der Waals surface area contributed by atoms with Gasteiger partial charge in [0, 0.05) is 49.9 Å². The largest absolute Gasteiger partial charge is 0.305 e. The maximum atomic E-state index is 14.0. The van der Waals surface area contributed by atoms with Crippen LogP contribution in [-0.2, 0) is 20.4 Å². The smallest absolute Gasteiger partial charge is 0.296 e. The highest BCUT2D eigenvalue weighted by Crippen LogP contribution is 2.64. The monoisotopic (exact) mass is 466 g/mol. The average molecular weight is 467 g/mol. The van der Waals surface area contributed by atoms with Crippen LogP contribution in [0, 0.1) is 0 Å². The van der Waals surface area contributed by atoms with Gasteiger partial charge in [0.05, 0.1) is 0 Å². The SMILES string of the molecule is CC(C)N1C(C)[C@@H](c2ccccc2)O[P@@]1(=O)/C=C/C[C@H]1CC(=O)CCN1Cc1ccccc1. The zero-order chi connectivity index (χ0) is 23.4. The van der Waals surface area contributed by atoms with E-state index in [2.05, 4.69) is 37.8 Å². The van der Waals surface area contributed by atoms with E-state index in [-0.39, 0.29) is 24.2 Å². The van der Waals surface area contributed by atoms with E-state index in [1.165, 1.54) is 5.56 Å². The lowest BCUT2D eigenvalue weighted by molar-refractivity contribution is -0.123. The first-order valence-electron chi connectivity index (χ1n) is 12.0. The molecule has 0 bridgehead atoms. The third-order valence-electron chi connectivity index (χ3n) is 6.69. The Bertz CT molecular complexity index is 1010. The van der Waals surface area contributed by atoms with Crippen molar-refractivity contribution >= 4 is 13.3 Å². The highest BCUT2D eigenvalue weighted by Gasteiger charge is 2.48. The maximum Gasteiger partial charge on any atom is 0.296 e. The van der Waals surface area contributed by atoms with E-state index in [1.54, 1.807) is 5.82 Å². The van der Waals surface area contributed by atoms with Gasteiger partial charge in [-0.1, -0.05) is 66.7 Å². The van der Waals surface area contributed by atoms with Crippen molar-refractivity contribution in [3.63, 3.8) is 0 Å². The number of hydrogen-bond donors (Lipinski definition) is 0. The summed E-state index contributed by atoms with van der Waals surface area (Å²) in [6.07, 6.45) is 3.58. The molecule has 2 aliphatic rings. The maximum absolute atomic E-state index is 14.0. The molecule has 176 valence electrons. The van der Waals surface area contributed by atoms with Gasteiger partial charge >= 0.3 is 0 Å². The lowest BCUT2D eigenvalue weighted by atomic mass is 9.97. The minimum Gasteiger partial charge on any atom is -0.305 e. The Morgan fingerprint density at radius 1 is 1.09 bits per heavy atom. The Labute approximate surface area is 197 Å². The van der Waals surface area contributed by atoms with E-state index in [9.17, 15) is 9.36 Å². The number of nitrogens with zero attached hydrogens (tertiary/aromatic N) is 2. The normalized spacial score (nSPS) is 29.3. The van der Waals surface area contributed by atoms with Gasteiger partial charge < -0.3 is 4.52 Å². The second kappa shape index (κ2) is 10.5. The zero-order valence-corrected chi connectivity index (χ0v) is 20.7. The second-order valence-electron chi connectivity index (χ2n) is 9.44. The van der Waals surface area contributed by atoms with Crippen LogP contribution >= 0.6 is 7.52 Å². The van der Waals surface area contributed by atoms with Gasteiger partial charge in [0.25, 0.3) is 7.52 Å². The van der Waals surface area contributed by atoms with E-state index in [1.807, 2.05) is 59.3 Å². The summed E-state index contributed by atoms with van der Waals surface area (Å²) in [5.41, 5.74) is 2.30. The van der Waals surface area contributed by atoms with Crippen molar-refractivity contribution in [1.82, 2.24) is 9.57 Å². The highest BCUT2D eigenvalue weighted by molar-refractivity contribution is 7.60. The minimum absolute atomic E-state index is 0.00807. The molecule has 5 nitrogen and oxygen atoms in total. The quantitative estimate of drug-likeness (QED) is 0.456. The van der Waals surface area contributed by atoms with Crippen LogP contribution in [0.4, 0.5) is 0 Å². The molecule has 0 aliphatic carbocycles. The highest BCUT2D eigenvalue weighted by atomic mass is 31.2. The van der Waals surface area contributed by atoms with Gasteiger partial charge in [-0.15, -0.1) is 0 Å². The lowest BCUT2D eigenvalue weighted by Crippen LogP contribution is -2.42. The Hall–Kier alpha value is -2.04. The number of rotatable bonds is 7. The summed E-state index contributed by atoms with van der Waals surface area (Å²) in [5.74, 6) is 2.09. The molecule has 0 radical (unpaired) electrons. The molecule has 2 heterocycles. The molecule has 33 heavy (non-hydrogen) atoms. The van der Waals surface area contributed by atoms with E-state index in [4.69, 9.17) is 4.52 Å². The summed E-state index contributed by atoms with van der Waals surface area (Å²) in [6, 6.07) is 20.6. The van der Waals surface area contributed by atoms with Crippen LogP contribution in [0.5, 0.6) is 0 Å². The van der Waals surface area contributed by atoms with Gasteiger partial charge in [-0.05, 0) is 38.3 Å². The zero-order valence-electron chi connectivity index (χ0n) is 19.8. The molecule has 2 aromatic rings. The number of hydrogen-bond acceptors (Lipinski definition) is 4. The number of piperidine rings is 1. The van der Waals surface area contributed by atoms with E-state index in [0.29, 0.717) is 25.0 Å². The molecule has 2 saturated heterocycles. The molecule has 0 spiro atoms. The van der Waals surface area contributed by atoms with Gasteiger partial charge in [0.15, 0.2) is 0 Å². The standard InChI is InChI=1S/C27H35N2O3P/c1-21(2)29-22(3)27(24-13-8-5-9-14-24)32-33(29,31)18-10-15-25-19-26(30)16-17-28(25)20-23-11-6-4-7-12-23/h4-14,18,21-22,25,27H,15-17,19-20H2,1-3H3/b18-10+/t22?,25-,27-,33-/m0/s1. The van der Waals surface area contributed by atoms with Crippen molar-refractivity contribution in [1.29, 1.82) is 0 Å². The van der Waals surface area contributed by atoms with E-state index in [0.717, 1.165) is 18.7 Å². The van der Waals surface area contributed by atoms with Gasteiger partial charge in [0.2, 0.25) is 0 Å². The van der Waals surface area contributed by atoms with E-state index >= 15 is 0 Å². The molecule has 4 atom stereocenters. The van der Waals surface area contributed by atoms with Crippen LogP contribution in [-0.4, -0.2) is 40.0 Å². The third-order valence-corrected chi connectivity index (χ3v) is 9.27.